The Morgan fingerprint density at radius 2 is 2.06 bits per heavy atom. The summed E-state index contributed by atoms with van der Waals surface area (Å²) in [5, 5.41) is 3.32. The van der Waals surface area contributed by atoms with E-state index in [9.17, 15) is 0 Å². The van der Waals surface area contributed by atoms with Crippen molar-refractivity contribution in [3.63, 3.8) is 0 Å². The first-order chi connectivity index (χ1) is 8.19. The molecule has 0 aliphatic rings. The summed E-state index contributed by atoms with van der Waals surface area (Å²) in [6, 6.07) is 1.79. The zero-order valence-corrected chi connectivity index (χ0v) is 11.0. The molecule has 96 valence electrons. The van der Waals surface area contributed by atoms with Crippen LogP contribution in [0.25, 0.3) is 0 Å². The summed E-state index contributed by atoms with van der Waals surface area (Å²) in [6.07, 6.45) is 1.73. The quantitative estimate of drug-likeness (QED) is 0.711. The molecular weight excluding hydrogens is 218 g/mol. The lowest BCUT2D eigenvalue weighted by atomic mass is 10.3. The predicted molar refractivity (Wildman–Crippen MR) is 67.6 cm³/mol. The normalized spacial score (nSPS) is 10.6. The molecule has 5 heteroatoms. The standard InChI is InChI=1S/C12H21N3O2/c1-15(2)8-7-13-9-10-12(17-4)11(16-3)5-6-14-10/h5-6,13H,7-9H2,1-4H3. The molecule has 0 aliphatic carbocycles. The monoisotopic (exact) mass is 239 g/mol. The van der Waals surface area contributed by atoms with Crippen LogP contribution in [-0.2, 0) is 6.54 Å². The van der Waals surface area contributed by atoms with Crippen LogP contribution in [0, 0.1) is 0 Å². The van der Waals surface area contributed by atoms with Gasteiger partial charge in [-0.15, -0.1) is 0 Å². The first-order valence-corrected chi connectivity index (χ1v) is 5.60. The smallest absolute Gasteiger partial charge is 0.183 e. The van der Waals surface area contributed by atoms with Crippen LogP contribution in [0.4, 0.5) is 0 Å². The number of aromatic nitrogens is 1. The third-order valence-electron chi connectivity index (χ3n) is 2.39. The van der Waals surface area contributed by atoms with Gasteiger partial charge < -0.3 is 19.7 Å². The lowest BCUT2D eigenvalue weighted by molar-refractivity contribution is 0.347. The van der Waals surface area contributed by atoms with Crippen LogP contribution in [0.15, 0.2) is 12.3 Å². The zero-order valence-electron chi connectivity index (χ0n) is 11.0. The number of nitrogens with zero attached hydrogens (tertiary/aromatic N) is 2. The molecule has 0 amide bonds. The fourth-order valence-corrected chi connectivity index (χ4v) is 1.49. The van der Waals surface area contributed by atoms with E-state index in [0.29, 0.717) is 18.0 Å². The molecule has 1 rings (SSSR count). The molecule has 0 spiro atoms. The molecule has 1 aromatic heterocycles. The van der Waals surface area contributed by atoms with Crippen molar-refractivity contribution in [3.05, 3.63) is 18.0 Å². The van der Waals surface area contributed by atoms with E-state index in [1.54, 1.807) is 26.5 Å². The van der Waals surface area contributed by atoms with Crippen molar-refractivity contribution in [3.8, 4) is 11.5 Å². The molecule has 0 bridgehead atoms. The maximum atomic E-state index is 5.31. The van der Waals surface area contributed by atoms with Crippen molar-refractivity contribution in [2.75, 3.05) is 41.4 Å². The van der Waals surface area contributed by atoms with Gasteiger partial charge in [0, 0.05) is 31.9 Å². The molecule has 0 saturated heterocycles. The highest BCUT2D eigenvalue weighted by Gasteiger charge is 2.10. The molecular formula is C12H21N3O2. The third-order valence-corrected chi connectivity index (χ3v) is 2.39. The minimum Gasteiger partial charge on any atom is -0.493 e. The number of rotatable bonds is 7. The summed E-state index contributed by atoms with van der Waals surface area (Å²) in [5.41, 5.74) is 0.866. The summed E-state index contributed by atoms with van der Waals surface area (Å²) >= 11 is 0. The van der Waals surface area contributed by atoms with Crippen molar-refractivity contribution >= 4 is 0 Å². The Hall–Kier alpha value is -1.33. The highest BCUT2D eigenvalue weighted by atomic mass is 16.5. The summed E-state index contributed by atoms with van der Waals surface area (Å²) < 4.78 is 10.5. The second-order valence-electron chi connectivity index (χ2n) is 3.97. The molecule has 0 unspecified atom stereocenters. The van der Waals surface area contributed by atoms with Crippen LogP contribution in [-0.4, -0.2) is 51.3 Å². The Morgan fingerprint density at radius 1 is 1.29 bits per heavy atom. The van der Waals surface area contributed by atoms with E-state index in [2.05, 4.69) is 15.2 Å². The van der Waals surface area contributed by atoms with Gasteiger partial charge in [0.2, 0.25) is 0 Å². The van der Waals surface area contributed by atoms with Crippen molar-refractivity contribution < 1.29 is 9.47 Å². The molecule has 5 nitrogen and oxygen atoms in total. The topological polar surface area (TPSA) is 46.6 Å². The highest BCUT2D eigenvalue weighted by molar-refractivity contribution is 5.42. The first kappa shape index (κ1) is 13.7. The number of methoxy groups -OCH3 is 2. The van der Waals surface area contributed by atoms with E-state index in [4.69, 9.17) is 9.47 Å². The van der Waals surface area contributed by atoms with Crippen LogP contribution < -0.4 is 14.8 Å². The van der Waals surface area contributed by atoms with E-state index in [0.717, 1.165) is 18.8 Å². The Labute approximate surface area is 103 Å². The van der Waals surface area contributed by atoms with Gasteiger partial charge in [-0.3, -0.25) is 4.98 Å². The Bertz CT molecular complexity index is 343. The van der Waals surface area contributed by atoms with Gasteiger partial charge in [0.25, 0.3) is 0 Å². The Balaban J connectivity index is 2.58. The van der Waals surface area contributed by atoms with E-state index in [1.165, 1.54) is 0 Å². The molecule has 0 aromatic carbocycles. The van der Waals surface area contributed by atoms with E-state index >= 15 is 0 Å². The first-order valence-electron chi connectivity index (χ1n) is 5.60. The summed E-state index contributed by atoms with van der Waals surface area (Å²) in [4.78, 5) is 6.42. The largest absolute Gasteiger partial charge is 0.493 e. The molecule has 0 aliphatic heterocycles. The fraction of sp³-hybridized carbons (Fsp3) is 0.583. The van der Waals surface area contributed by atoms with Crippen molar-refractivity contribution in [2.45, 2.75) is 6.54 Å². The molecule has 0 atom stereocenters. The van der Waals surface area contributed by atoms with Gasteiger partial charge >= 0.3 is 0 Å². The Kier molecular flexibility index (Phi) is 5.72. The van der Waals surface area contributed by atoms with E-state index in [-0.39, 0.29) is 0 Å². The fourth-order valence-electron chi connectivity index (χ4n) is 1.49. The van der Waals surface area contributed by atoms with Crippen molar-refractivity contribution in [2.24, 2.45) is 0 Å². The number of hydrogen-bond acceptors (Lipinski definition) is 5. The average molecular weight is 239 g/mol. The number of likely N-dealkylation sites (N-methyl/N-ethyl adjacent to an activating group) is 1. The highest BCUT2D eigenvalue weighted by Crippen LogP contribution is 2.28. The average Bonchev–Trinajstić information content (AvgIpc) is 2.33. The molecule has 17 heavy (non-hydrogen) atoms. The number of hydrogen-bond donors (Lipinski definition) is 1. The summed E-state index contributed by atoms with van der Waals surface area (Å²) in [5.74, 6) is 1.42. The van der Waals surface area contributed by atoms with Gasteiger partial charge in [0.15, 0.2) is 11.5 Å². The van der Waals surface area contributed by atoms with Crippen LogP contribution in [0.3, 0.4) is 0 Å². The van der Waals surface area contributed by atoms with Crippen LogP contribution >= 0.6 is 0 Å². The van der Waals surface area contributed by atoms with Crippen molar-refractivity contribution in [1.82, 2.24) is 15.2 Å². The second kappa shape index (κ2) is 7.09. The van der Waals surface area contributed by atoms with Crippen LogP contribution in [0.5, 0.6) is 11.5 Å². The van der Waals surface area contributed by atoms with E-state index < -0.39 is 0 Å². The van der Waals surface area contributed by atoms with Gasteiger partial charge in [-0.1, -0.05) is 0 Å². The molecule has 1 N–H and O–H groups in total. The van der Waals surface area contributed by atoms with Crippen molar-refractivity contribution in [1.29, 1.82) is 0 Å². The SMILES string of the molecule is COc1ccnc(CNCCN(C)C)c1OC. The molecule has 0 saturated carbocycles. The van der Waals surface area contributed by atoms with Gasteiger partial charge in [-0.05, 0) is 14.1 Å². The van der Waals surface area contributed by atoms with Gasteiger partial charge in [-0.25, -0.2) is 0 Å². The molecule has 0 radical (unpaired) electrons. The predicted octanol–water partition coefficient (Wildman–Crippen LogP) is 0.750. The van der Waals surface area contributed by atoms with Crippen LogP contribution in [0.1, 0.15) is 5.69 Å². The molecule has 1 aromatic rings. The van der Waals surface area contributed by atoms with Gasteiger partial charge in [0.1, 0.15) is 0 Å². The van der Waals surface area contributed by atoms with Crippen LogP contribution in [0.2, 0.25) is 0 Å². The number of pyridine rings is 1. The molecule has 0 fully saturated rings. The minimum absolute atomic E-state index is 0.675. The Morgan fingerprint density at radius 3 is 2.65 bits per heavy atom. The minimum atomic E-state index is 0.675. The third kappa shape index (κ3) is 4.20. The summed E-state index contributed by atoms with van der Waals surface area (Å²) in [6.45, 7) is 2.58. The zero-order chi connectivity index (χ0) is 12.7. The second-order valence-corrected chi connectivity index (χ2v) is 3.97. The lowest BCUT2D eigenvalue weighted by Gasteiger charge is -2.13. The number of ether oxygens (including phenoxy) is 2. The maximum absolute atomic E-state index is 5.31. The maximum Gasteiger partial charge on any atom is 0.183 e. The molecule has 1 heterocycles. The lowest BCUT2D eigenvalue weighted by Crippen LogP contribution is -2.26. The number of nitrogens with one attached hydrogen (secondary N) is 1. The van der Waals surface area contributed by atoms with Gasteiger partial charge in [0.05, 0.1) is 19.9 Å². The van der Waals surface area contributed by atoms with Gasteiger partial charge in [-0.2, -0.15) is 0 Å². The van der Waals surface area contributed by atoms with E-state index in [1.807, 2.05) is 14.1 Å². The summed E-state index contributed by atoms with van der Waals surface area (Å²) in [7, 11) is 7.35.